The molecule has 1 fully saturated rings. The smallest absolute Gasteiger partial charge is 0.0558 e. The van der Waals surface area contributed by atoms with Gasteiger partial charge in [0, 0.05) is 18.2 Å². The number of benzene rings is 1. The zero-order chi connectivity index (χ0) is 12.4. The van der Waals surface area contributed by atoms with Gasteiger partial charge in [-0.05, 0) is 30.5 Å². The van der Waals surface area contributed by atoms with E-state index in [1.54, 1.807) is 0 Å². The van der Waals surface area contributed by atoms with Gasteiger partial charge in [-0.1, -0.05) is 29.8 Å². The van der Waals surface area contributed by atoms with Crippen LogP contribution in [-0.2, 0) is 11.2 Å². The summed E-state index contributed by atoms with van der Waals surface area (Å²) in [5, 5.41) is 3.41. The van der Waals surface area contributed by atoms with Gasteiger partial charge in [0.25, 0.3) is 0 Å². The van der Waals surface area contributed by atoms with Crippen LogP contribution in [0.25, 0.3) is 0 Å². The Bertz CT molecular complexity index is 464. The Morgan fingerprint density at radius 2 is 2.22 bits per heavy atom. The second kappa shape index (κ2) is 5.12. The summed E-state index contributed by atoms with van der Waals surface area (Å²) in [4.78, 5) is 0. The van der Waals surface area contributed by atoms with Gasteiger partial charge >= 0.3 is 0 Å². The van der Waals surface area contributed by atoms with Crippen molar-refractivity contribution in [2.45, 2.75) is 18.8 Å². The first-order valence-electron chi connectivity index (χ1n) is 6.68. The maximum absolute atomic E-state index is 6.31. The molecule has 0 unspecified atom stereocenters. The molecule has 0 bridgehead atoms. The number of hydrogen-bond acceptors (Lipinski definition) is 3. The molecule has 3 rings (SSSR count). The lowest BCUT2D eigenvalue weighted by Gasteiger charge is -2.28. The predicted octanol–water partition coefficient (Wildman–Crippen LogP) is 1.84. The van der Waals surface area contributed by atoms with E-state index < -0.39 is 0 Å². The Morgan fingerprint density at radius 3 is 2.89 bits per heavy atom. The lowest BCUT2D eigenvalue weighted by molar-refractivity contribution is 0.00869. The zero-order valence-electron chi connectivity index (χ0n) is 10.6. The van der Waals surface area contributed by atoms with Crippen molar-refractivity contribution in [3.63, 3.8) is 0 Å². The first-order chi connectivity index (χ1) is 8.84. The van der Waals surface area contributed by atoms with E-state index in [4.69, 9.17) is 10.5 Å². The first kappa shape index (κ1) is 11.8. The van der Waals surface area contributed by atoms with Crippen LogP contribution in [0.5, 0.6) is 0 Å². The van der Waals surface area contributed by atoms with Crippen LogP contribution in [0, 0.1) is 0 Å². The molecule has 3 N–H and O–H groups in total. The molecule has 3 heteroatoms. The molecule has 18 heavy (non-hydrogen) atoms. The summed E-state index contributed by atoms with van der Waals surface area (Å²) in [6.07, 6.45) is 4.45. The highest BCUT2D eigenvalue weighted by Gasteiger charge is 2.23. The molecule has 96 valence electrons. The fourth-order valence-corrected chi connectivity index (χ4v) is 2.64. The van der Waals surface area contributed by atoms with Gasteiger partial charge in [0.1, 0.15) is 0 Å². The number of hydrogen-bond donors (Lipinski definition) is 2. The second-order valence-corrected chi connectivity index (χ2v) is 5.16. The van der Waals surface area contributed by atoms with Gasteiger partial charge in [0.15, 0.2) is 0 Å². The molecule has 3 nitrogen and oxygen atoms in total. The Labute approximate surface area is 108 Å². The SMILES string of the molecule is Nc1c(CC2=CCCNC2)cccc1C1COC1. The summed E-state index contributed by atoms with van der Waals surface area (Å²) in [6, 6.07) is 6.41. The van der Waals surface area contributed by atoms with Crippen LogP contribution >= 0.6 is 0 Å². The quantitative estimate of drug-likeness (QED) is 0.630. The summed E-state index contributed by atoms with van der Waals surface area (Å²) < 4.78 is 5.26. The Balaban J connectivity index is 1.80. The number of nitrogen functional groups attached to an aromatic ring is 1. The molecule has 1 aromatic rings. The maximum Gasteiger partial charge on any atom is 0.0558 e. The summed E-state index contributed by atoms with van der Waals surface area (Å²) in [7, 11) is 0. The van der Waals surface area contributed by atoms with Gasteiger partial charge < -0.3 is 15.8 Å². The largest absolute Gasteiger partial charge is 0.398 e. The van der Waals surface area contributed by atoms with Crippen molar-refractivity contribution in [3.05, 3.63) is 41.0 Å². The van der Waals surface area contributed by atoms with Crippen LogP contribution in [0.2, 0.25) is 0 Å². The molecule has 0 aliphatic carbocycles. The van der Waals surface area contributed by atoms with E-state index in [-0.39, 0.29) is 0 Å². The van der Waals surface area contributed by atoms with Crippen molar-refractivity contribution < 1.29 is 4.74 Å². The lowest BCUT2D eigenvalue weighted by Crippen LogP contribution is -2.26. The van der Waals surface area contributed by atoms with Gasteiger partial charge in [-0.25, -0.2) is 0 Å². The van der Waals surface area contributed by atoms with Crippen LogP contribution in [0.3, 0.4) is 0 Å². The molecule has 1 saturated heterocycles. The van der Waals surface area contributed by atoms with E-state index in [2.05, 4.69) is 29.6 Å². The van der Waals surface area contributed by atoms with Crippen LogP contribution in [0.4, 0.5) is 5.69 Å². The number of nitrogens with one attached hydrogen (secondary N) is 1. The molecule has 0 saturated carbocycles. The highest BCUT2D eigenvalue weighted by Crippen LogP contribution is 2.31. The van der Waals surface area contributed by atoms with Gasteiger partial charge in [-0.15, -0.1) is 0 Å². The molecule has 0 atom stereocenters. The Kier molecular flexibility index (Phi) is 3.35. The molecular formula is C15H20N2O. The molecular weight excluding hydrogens is 224 g/mol. The van der Waals surface area contributed by atoms with E-state index in [9.17, 15) is 0 Å². The molecule has 2 aliphatic rings. The predicted molar refractivity (Wildman–Crippen MR) is 73.7 cm³/mol. The zero-order valence-corrected chi connectivity index (χ0v) is 10.6. The van der Waals surface area contributed by atoms with Crippen LogP contribution in [0.15, 0.2) is 29.8 Å². The fraction of sp³-hybridized carbons (Fsp3) is 0.467. The highest BCUT2D eigenvalue weighted by molar-refractivity contribution is 5.57. The molecule has 2 aliphatic heterocycles. The van der Waals surface area contributed by atoms with Crippen molar-refractivity contribution in [2.75, 3.05) is 32.0 Å². The summed E-state index contributed by atoms with van der Waals surface area (Å²) in [6.45, 7) is 3.73. The van der Waals surface area contributed by atoms with Crippen LogP contribution in [0.1, 0.15) is 23.5 Å². The van der Waals surface area contributed by atoms with E-state index in [0.717, 1.165) is 44.8 Å². The van der Waals surface area contributed by atoms with Gasteiger partial charge in [0.2, 0.25) is 0 Å². The minimum absolute atomic E-state index is 0.503. The molecule has 0 spiro atoms. The fourth-order valence-electron chi connectivity index (χ4n) is 2.64. The first-order valence-corrected chi connectivity index (χ1v) is 6.68. The van der Waals surface area contributed by atoms with E-state index in [1.165, 1.54) is 16.7 Å². The van der Waals surface area contributed by atoms with Gasteiger partial charge in [-0.2, -0.15) is 0 Å². The average Bonchev–Trinajstić information content (AvgIpc) is 2.33. The monoisotopic (exact) mass is 244 g/mol. The van der Waals surface area contributed by atoms with Crippen LogP contribution < -0.4 is 11.1 Å². The molecule has 0 radical (unpaired) electrons. The standard InChI is InChI=1S/C15H20N2O/c16-15-12(7-11-3-2-6-17-8-11)4-1-5-14(15)13-9-18-10-13/h1,3-5,13,17H,2,6-10,16H2. The van der Waals surface area contributed by atoms with Crippen molar-refractivity contribution in [2.24, 2.45) is 0 Å². The number of ether oxygens (including phenoxy) is 1. The van der Waals surface area contributed by atoms with E-state index >= 15 is 0 Å². The molecule has 0 aromatic heterocycles. The Hall–Kier alpha value is -1.32. The molecule has 0 amide bonds. The molecule has 1 aromatic carbocycles. The maximum atomic E-state index is 6.31. The highest BCUT2D eigenvalue weighted by atomic mass is 16.5. The van der Waals surface area contributed by atoms with E-state index in [0.29, 0.717) is 5.92 Å². The topological polar surface area (TPSA) is 47.3 Å². The summed E-state index contributed by atoms with van der Waals surface area (Å²) in [5.74, 6) is 0.503. The minimum Gasteiger partial charge on any atom is -0.398 e. The number of anilines is 1. The minimum atomic E-state index is 0.503. The van der Waals surface area contributed by atoms with Crippen molar-refractivity contribution in [1.29, 1.82) is 0 Å². The lowest BCUT2D eigenvalue weighted by atomic mass is 9.91. The summed E-state index contributed by atoms with van der Waals surface area (Å²) >= 11 is 0. The van der Waals surface area contributed by atoms with Crippen molar-refractivity contribution >= 4 is 5.69 Å². The number of rotatable bonds is 3. The second-order valence-electron chi connectivity index (χ2n) is 5.16. The third kappa shape index (κ3) is 2.28. The van der Waals surface area contributed by atoms with E-state index in [1.807, 2.05) is 0 Å². The normalized spacial score (nSPS) is 20.3. The number of para-hydroxylation sites is 1. The Morgan fingerprint density at radius 1 is 1.33 bits per heavy atom. The number of nitrogens with two attached hydrogens (primary N) is 1. The van der Waals surface area contributed by atoms with Crippen molar-refractivity contribution in [3.8, 4) is 0 Å². The van der Waals surface area contributed by atoms with Crippen molar-refractivity contribution in [1.82, 2.24) is 5.32 Å². The third-order valence-electron chi connectivity index (χ3n) is 3.83. The molecule has 2 heterocycles. The van der Waals surface area contributed by atoms with Crippen LogP contribution in [-0.4, -0.2) is 26.3 Å². The summed E-state index contributed by atoms with van der Waals surface area (Å²) in [5.41, 5.74) is 11.3. The third-order valence-corrected chi connectivity index (χ3v) is 3.83. The van der Waals surface area contributed by atoms with Gasteiger partial charge in [-0.3, -0.25) is 0 Å². The average molecular weight is 244 g/mol. The van der Waals surface area contributed by atoms with Gasteiger partial charge in [0.05, 0.1) is 13.2 Å².